The van der Waals surface area contributed by atoms with Gasteiger partial charge in [0.25, 0.3) is 5.91 Å². The molecule has 6 heteroatoms. The molecule has 0 aliphatic rings. The molecule has 0 radical (unpaired) electrons. The average Bonchev–Trinajstić information content (AvgIpc) is 2.71. The monoisotopic (exact) mass is 470 g/mol. The lowest BCUT2D eigenvalue weighted by atomic mass is 10.0. The van der Waals surface area contributed by atoms with Crippen LogP contribution in [0.25, 0.3) is 0 Å². The Bertz CT molecular complexity index is 1020. The van der Waals surface area contributed by atoms with Gasteiger partial charge in [-0.2, -0.15) is 0 Å². The molecular formula is C23H20BrClN2O2. The number of rotatable bonds is 6. The highest BCUT2D eigenvalue weighted by atomic mass is 79.9. The van der Waals surface area contributed by atoms with Gasteiger partial charge in [0.15, 0.2) is 0 Å². The lowest BCUT2D eigenvalue weighted by Gasteiger charge is -2.20. The quantitative estimate of drug-likeness (QED) is 0.469. The Morgan fingerprint density at radius 3 is 2.41 bits per heavy atom. The molecule has 0 aliphatic carbocycles. The van der Waals surface area contributed by atoms with Crippen molar-refractivity contribution in [1.82, 2.24) is 5.32 Å². The second-order valence-corrected chi connectivity index (χ2v) is 7.95. The van der Waals surface area contributed by atoms with Gasteiger partial charge < -0.3 is 10.6 Å². The number of hydrogen-bond donors (Lipinski definition) is 2. The third-order valence-electron chi connectivity index (χ3n) is 4.49. The number of carbonyl (C=O) groups is 2. The van der Waals surface area contributed by atoms with Crippen molar-refractivity contribution in [1.29, 1.82) is 0 Å². The second kappa shape index (κ2) is 9.72. The fraction of sp³-hybridized carbons (Fsp3) is 0.130. The first kappa shape index (κ1) is 21.1. The smallest absolute Gasteiger partial charge is 0.253 e. The summed E-state index contributed by atoms with van der Waals surface area (Å²) in [4.78, 5) is 25.5. The largest absolute Gasteiger partial charge is 0.345 e. The predicted molar refractivity (Wildman–Crippen MR) is 120 cm³/mol. The fourth-order valence-corrected chi connectivity index (χ4v) is 3.52. The minimum Gasteiger partial charge on any atom is -0.345 e. The van der Waals surface area contributed by atoms with Crippen LogP contribution in [0.1, 0.15) is 33.9 Å². The third-order valence-corrected chi connectivity index (χ3v) is 5.31. The van der Waals surface area contributed by atoms with Gasteiger partial charge in [0.1, 0.15) is 0 Å². The number of amides is 2. The van der Waals surface area contributed by atoms with Crippen molar-refractivity contribution in [2.75, 3.05) is 5.32 Å². The molecule has 0 aliphatic heterocycles. The zero-order chi connectivity index (χ0) is 20.8. The highest BCUT2D eigenvalue weighted by Crippen LogP contribution is 2.23. The minimum atomic E-state index is -0.493. The Morgan fingerprint density at radius 1 is 1.00 bits per heavy atom. The van der Waals surface area contributed by atoms with Crippen LogP contribution in [-0.4, -0.2) is 11.8 Å². The molecule has 0 bridgehead atoms. The number of halogens is 2. The van der Waals surface area contributed by atoms with Gasteiger partial charge in [-0.15, -0.1) is 0 Å². The number of anilines is 1. The van der Waals surface area contributed by atoms with Crippen molar-refractivity contribution < 1.29 is 9.59 Å². The van der Waals surface area contributed by atoms with Crippen molar-refractivity contribution in [2.45, 2.75) is 19.4 Å². The van der Waals surface area contributed by atoms with E-state index in [1.807, 2.05) is 55.5 Å². The first-order valence-electron chi connectivity index (χ1n) is 9.10. The maximum atomic E-state index is 12.8. The number of hydrogen-bond acceptors (Lipinski definition) is 2. The number of carbonyl (C=O) groups excluding carboxylic acids is 2. The van der Waals surface area contributed by atoms with E-state index in [9.17, 15) is 9.59 Å². The fourth-order valence-electron chi connectivity index (χ4n) is 2.93. The molecule has 1 atom stereocenters. The van der Waals surface area contributed by atoms with Gasteiger partial charge in [0.05, 0.1) is 23.0 Å². The molecular weight excluding hydrogens is 452 g/mol. The van der Waals surface area contributed by atoms with Crippen molar-refractivity contribution in [3.8, 4) is 0 Å². The standard InChI is InChI=1S/C23H20BrClN2O2/c1-15-11-12-17(24)13-20(15)26-22(28)14-21(16-7-3-2-4-8-16)27-23(29)18-9-5-6-10-19(18)25/h2-13,21H,14H2,1H3,(H,26,28)(H,27,29). The number of nitrogens with one attached hydrogen (secondary N) is 2. The van der Waals surface area contributed by atoms with Crippen molar-refractivity contribution >= 4 is 45.0 Å². The highest BCUT2D eigenvalue weighted by Gasteiger charge is 2.20. The molecule has 3 aromatic carbocycles. The first-order valence-corrected chi connectivity index (χ1v) is 10.3. The van der Waals surface area contributed by atoms with Crippen LogP contribution in [0.3, 0.4) is 0 Å². The molecule has 1 unspecified atom stereocenters. The molecule has 0 saturated carbocycles. The van der Waals surface area contributed by atoms with Gasteiger partial charge in [-0.3, -0.25) is 9.59 Å². The molecule has 148 valence electrons. The summed E-state index contributed by atoms with van der Waals surface area (Å²) in [6.45, 7) is 1.93. The Balaban J connectivity index is 1.79. The zero-order valence-corrected chi connectivity index (χ0v) is 18.1. The molecule has 2 amide bonds. The second-order valence-electron chi connectivity index (χ2n) is 6.63. The average molecular weight is 472 g/mol. The maximum Gasteiger partial charge on any atom is 0.253 e. The van der Waals surface area contributed by atoms with E-state index in [0.717, 1.165) is 21.3 Å². The minimum absolute atomic E-state index is 0.0894. The molecule has 2 N–H and O–H groups in total. The van der Waals surface area contributed by atoms with Crippen LogP contribution in [0.15, 0.2) is 77.3 Å². The lowest BCUT2D eigenvalue weighted by molar-refractivity contribution is -0.116. The van der Waals surface area contributed by atoms with E-state index in [1.54, 1.807) is 24.3 Å². The summed E-state index contributed by atoms with van der Waals surface area (Å²) in [5, 5.41) is 6.24. The Labute approximate surface area is 183 Å². The third kappa shape index (κ3) is 5.68. The van der Waals surface area contributed by atoms with Gasteiger partial charge in [0.2, 0.25) is 5.91 Å². The van der Waals surface area contributed by atoms with Gasteiger partial charge in [-0.1, -0.05) is 76.1 Å². The van der Waals surface area contributed by atoms with Gasteiger partial charge in [-0.25, -0.2) is 0 Å². The van der Waals surface area contributed by atoms with Crippen LogP contribution in [0.2, 0.25) is 5.02 Å². The summed E-state index contributed by atoms with van der Waals surface area (Å²) >= 11 is 9.57. The van der Waals surface area contributed by atoms with Crippen LogP contribution in [0, 0.1) is 6.92 Å². The molecule has 0 spiro atoms. The van der Waals surface area contributed by atoms with E-state index in [0.29, 0.717) is 10.6 Å². The molecule has 0 saturated heterocycles. The molecule has 0 fully saturated rings. The van der Waals surface area contributed by atoms with E-state index in [2.05, 4.69) is 26.6 Å². The van der Waals surface area contributed by atoms with Crippen molar-refractivity contribution in [2.24, 2.45) is 0 Å². The highest BCUT2D eigenvalue weighted by molar-refractivity contribution is 9.10. The molecule has 0 heterocycles. The normalized spacial score (nSPS) is 11.6. The van der Waals surface area contributed by atoms with Crippen LogP contribution in [0.4, 0.5) is 5.69 Å². The molecule has 0 aromatic heterocycles. The van der Waals surface area contributed by atoms with E-state index in [-0.39, 0.29) is 18.2 Å². The lowest BCUT2D eigenvalue weighted by Crippen LogP contribution is -2.31. The predicted octanol–water partition coefficient (Wildman–Crippen LogP) is 5.91. The van der Waals surface area contributed by atoms with Crippen LogP contribution in [-0.2, 0) is 4.79 Å². The summed E-state index contributed by atoms with van der Waals surface area (Å²) in [6, 6.07) is 21.5. The topological polar surface area (TPSA) is 58.2 Å². The zero-order valence-electron chi connectivity index (χ0n) is 15.8. The van der Waals surface area contributed by atoms with E-state index < -0.39 is 6.04 Å². The van der Waals surface area contributed by atoms with E-state index in [4.69, 9.17) is 11.6 Å². The summed E-state index contributed by atoms with van der Waals surface area (Å²) in [5.74, 6) is -0.518. The van der Waals surface area contributed by atoms with Crippen LogP contribution < -0.4 is 10.6 Å². The van der Waals surface area contributed by atoms with Crippen LogP contribution in [0.5, 0.6) is 0 Å². The number of aryl methyl sites for hydroxylation is 1. The summed E-state index contributed by atoms with van der Waals surface area (Å²) in [5.41, 5.74) is 2.90. The van der Waals surface area contributed by atoms with Crippen molar-refractivity contribution in [3.63, 3.8) is 0 Å². The Hall–Kier alpha value is -2.63. The van der Waals surface area contributed by atoms with Crippen molar-refractivity contribution in [3.05, 3.63) is 99.0 Å². The molecule has 29 heavy (non-hydrogen) atoms. The molecule has 4 nitrogen and oxygen atoms in total. The summed E-state index contributed by atoms with van der Waals surface area (Å²) in [7, 11) is 0. The van der Waals surface area contributed by atoms with Gasteiger partial charge in [-0.05, 0) is 42.3 Å². The summed E-state index contributed by atoms with van der Waals surface area (Å²) in [6.07, 6.45) is 0.0894. The van der Waals surface area contributed by atoms with Crippen LogP contribution >= 0.6 is 27.5 Å². The van der Waals surface area contributed by atoms with E-state index >= 15 is 0 Å². The van der Waals surface area contributed by atoms with E-state index in [1.165, 1.54) is 0 Å². The Morgan fingerprint density at radius 2 is 1.69 bits per heavy atom. The Kier molecular flexibility index (Phi) is 7.07. The summed E-state index contributed by atoms with van der Waals surface area (Å²) < 4.78 is 0.880. The first-order chi connectivity index (χ1) is 13.9. The molecule has 3 rings (SSSR count). The number of benzene rings is 3. The maximum absolute atomic E-state index is 12.8. The van der Waals surface area contributed by atoms with Gasteiger partial charge >= 0.3 is 0 Å². The van der Waals surface area contributed by atoms with Gasteiger partial charge in [0, 0.05) is 10.2 Å². The SMILES string of the molecule is Cc1ccc(Br)cc1NC(=O)CC(NC(=O)c1ccccc1Cl)c1ccccc1. The molecule has 3 aromatic rings.